The van der Waals surface area contributed by atoms with Crippen molar-refractivity contribution >= 4 is 23.6 Å². The molecule has 0 saturated heterocycles. The van der Waals surface area contributed by atoms with E-state index in [9.17, 15) is 14.4 Å². The lowest BCUT2D eigenvalue weighted by Gasteiger charge is -2.43. The van der Waals surface area contributed by atoms with Crippen LogP contribution in [0.15, 0.2) is 42.5 Å². The lowest BCUT2D eigenvalue weighted by atomic mass is 9.90. The zero-order valence-electron chi connectivity index (χ0n) is 23.1. The van der Waals surface area contributed by atoms with Crippen molar-refractivity contribution in [2.75, 3.05) is 11.9 Å². The molecule has 0 aliphatic heterocycles. The van der Waals surface area contributed by atoms with Crippen LogP contribution < -0.4 is 10.6 Å². The van der Waals surface area contributed by atoms with Crippen molar-refractivity contribution < 1.29 is 19.1 Å². The van der Waals surface area contributed by atoms with E-state index in [0.29, 0.717) is 12.1 Å². The Bertz CT molecular complexity index is 1100. The van der Waals surface area contributed by atoms with E-state index < -0.39 is 23.3 Å². The molecule has 2 aromatic rings. The predicted molar refractivity (Wildman–Crippen MR) is 144 cm³/mol. The van der Waals surface area contributed by atoms with Crippen LogP contribution in [0.4, 0.5) is 10.5 Å². The molecule has 36 heavy (non-hydrogen) atoms. The highest BCUT2D eigenvalue weighted by Crippen LogP contribution is 2.34. The normalized spacial score (nSPS) is 12.5. The summed E-state index contributed by atoms with van der Waals surface area (Å²) in [5.74, 6) is -0.691. The third-order valence-corrected chi connectivity index (χ3v) is 6.21. The van der Waals surface area contributed by atoms with Crippen LogP contribution in [0.25, 0.3) is 0 Å². The van der Waals surface area contributed by atoms with Gasteiger partial charge in [-0.2, -0.15) is 0 Å². The van der Waals surface area contributed by atoms with Crippen LogP contribution in [0.2, 0.25) is 0 Å². The topological polar surface area (TPSA) is 87.7 Å². The monoisotopic (exact) mass is 495 g/mol. The molecule has 0 heterocycles. The van der Waals surface area contributed by atoms with E-state index >= 15 is 0 Å². The summed E-state index contributed by atoms with van der Waals surface area (Å²) in [4.78, 5) is 41.5. The van der Waals surface area contributed by atoms with Crippen LogP contribution in [0, 0.1) is 20.8 Å². The first-order chi connectivity index (χ1) is 16.7. The third kappa shape index (κ3) is 7.57. The van der Waals surface area contributed by atoms with Gasteiger partial charge in [0.15, 0.2) is 0 Å². The third-order valence-electron chi connectivity index (χ3n) is 6.21. The largest absolute Gasteiger partial charge is 0.444 e. The number of anilines is 1. The molecule has 0 bridgehead atoms. The molecule has 0 aliphatic rings. The van der Waals surface area contributed by atoms with Crippen molar-refractivity contribution in [1.82, 2.24) is 10.2 Å². The van der Waals surface area contributed by atoms with E-state index in [2.05, 4.69) is 10.6 Å². The molecule has 1 atom stereocenters. The van der Waals surface area contributed by atoms with Crippen molar-refractivity contribution in [1.29, 1.82) is 0 Å². The summed E-state index contributed by atoms with van der Waals surface area (Å²) in [7, 11) is 0. The van der Waals surface area contributed by atoms with E-state index in [4.69, 9.17) is 4.74 Å². The molecule has 1 unspecified atom stereocenters. The Hall–Kier alpha value is -3.35. The standard InChI is InChI=1S/C29H41N3O4/c1-10-29(8,9)32(24(33)18-30-27(35)36-28(5,6)7)25(22-17-19(2)15-16-20(22)3)26(34)31-23-14-12-11-13-21(23)4/h11-17,25H,10,18H2,1-9H3,(H,30,35)(H,31,34). The fraction of sp³-hybridized carbons (Fsp3) is 0.483. The molecule has 2 rings (SSSR count). The first-order valence-electron chi connectivity index (χ1n) is 12.4. The van der Waals surface area contributed by atoms with Gasteiger partial charge < -0.3 is 20.3 Å². The van der Waals surface area contributed by atoms with Crippen LogP contribution in [0.1, 0.15) is 76.3 Å². The first-order valence-corrected chi connectivity index (χ1v) is 12.4. The summed E-state index contributed by atoms with van der Waals surface area (Å²) in [5.41, 5.74) is 2.86. The van der Waals surface area contributed by atoms with Gasteiger partial charge in [-0.15, -0.1) is 0 Å². The van der Waals surface area contributed by atoms with Crippen molar-refractivity contribution in [3.63, 3.8) is 0 Å². The lowest BCUT2D eigenvalue weighted by Crippen LogP contribution is -2.55. The van der Waals surface area contributed by atoms with Gasteiger partial charge in [0, 0.05) is 11.2 Å². The number of para-hydroxylation sites is 1. The van der Waals surface area contributed by atoms with Crippen molar-refractivity contribution in [3.05, 3.63) is 64.7 Å². The number of aryl methyl sites for hydroxylation is 3. The van der Waals surface area contributed by atoms with Gasteiger partial charge in [-0.05, 0) is 84.6 Å². The average Bonchev–Trinajstić information content (AvgIpc) is 2.77. The second-order valence-electron chi connectivity index (χ2n) is 10.9. The number of nitrogens with zero attached hydrogens (tertiary/aromatic N) is 1. The minimum absolute atomic E-state index is 0.294. The number of nitrogens with one attached hydrogen (secondary N) is 2. The van der Waals surface area contributed by atoms with E-state index in [1.165, 1.54) is 0 Å². The molecular weight excluding hydrogens is 454 g/mol. The van der Waals surface area contributed by atoms with Crippen LogP contribution in [0.5, 0.6) is 0 Å². The van der Waals surface area contributed by atoms with E-state index in [-0.39, 0.29) is 18.4 Å². The van der Waals surface area contributed by atoms with Gasteiger partial charge in [-0.3, -0.25) is 9.59 Å². The number of rotatable bonds is 8. The second kappa shape index (κ2) is 11.6. The van der Waals surface area contributed by atoms with Crippen molar-refractivity contribution in [2.45, 2.75) is 85.9 Å². The maximum absolute atomic E-state index is 13.9. The summed E-state index contributed by atoms with van der Waals surface area (Å²) in [5, 5.41) is 5.60. The lowest BCUT2D eigenvalue weighted by molar-refractivity contribution is -0.145. The maximum Gasteiger partial charge on any atom is 0.408 e. The number of alkyl carbamates (subject to hydrolysis) is 1. The summed E-state index contributed by atoms with van der Waals surface area (Å²) in [6.07, 6.45) is -0.0813. The summed E-state index contributed by atoms with van der Waals surface area (Å²) < 4.78 is 5.30. The van der Waals surface area contributed by atoms with Gasteiger partial charge in [0.2, 0.25) is 5.91 Å². The van der Waals surface area contributed by atoms with E-state index in [0.717, 1.165) is 22.3 Å². The minimum atomic E-state index is -0.910. The minimum Gasteiger partial charge on any atom is -0.444 e. The molecular formula is C29H41N3O4. The molecule has 0 aromatic heterocycles. The van der Waals surface area contributed by atoms with Gasteiger partial charge in [-0.25, -0.2) is 4.79 Å². The summed E-state index contributed by atoms with van der Waals surface area (Å²) in [6, 6.07) is 12.5. The number of hydrogen-bond donors (Lipinski definition) is 2. The fourth-order valence-electron chi connectivity index (χ4n) is 3.91. The molecule has 0 saturated carbocycles. The van der Waals surface area contributed by atoms with Gasteiger partial charge in [0.05, 0.1) is 0 Å². The number of amides is 3. The SMILES string of the molecule is CCC(C)(C)N(C(=O)CNC(=O)OC(C)(C)C)C(C(=O)Nc1ccccc1C)c1cc(C)ccc1C. The highest BCUT2D eigenvalue weighted by atomic mass is 16.6. The Morgan fingerprint density at radius 3 is 2.17 bits per heavy atom. The Balaban J connectivity index is 2.54. The first kappa shape index (κ1) is 28.9. The van der Waals surface area contributed by atoms with Gasteiger partial charge >= 0.3 is 6.09 Å². The number of benzene rings is 2. The molecule has 196 valence electrons. The molecule has 0 radical (unpaired) electrons. The molecule has 2 N–H and O–H groups in total. The van der Waals surface area contributed by atoms with Crippen LogP contribution in [-0.2, 0) is 14.3 Å². The Kier molecular flexibility index (Phi) is 9.30. The Labute approximate surface area is 215 Å². The van der Waals surface area contributed by atoms with Crippen LogP contribution in [0.3, 0.4) is 0 Å². The van der Waals surface area contributed by atoms with E-state index in [1.807, 2.05) is 84.0 Å². The smallest absolute Gasteiger partial charge is 0.408 e. The highest BCUT2D eigenvalue weighted by molar-refractivity contribution is 5.99. The molecule has 0 spiro atoms. The van der Waals surface area contributed by atoms with Gasteiger partial charge in [0.25, 0.3) is 5.91 Å². The molecule has 2 aromatic carbocycles. The Morgan fingerprint density at radius 1 is 0.944 bits per heavy atom. The quantitative estimate of drug-likeness (QED) is 0.482. The average molecular weight is 496 g/mol. The molecule has 7 heteroatoms. The second-order valence-corrected chi connectivity index (χ2v) is 10.9. The zero-order chi connectivity index (χ0) is 27.3. The number of hydrogen-bond acceptors (Lipinski definition) is 4. The Morgan fingerprint density at radius 2 is 1.58 bits per heavy atom. The molecule has 0 fully saturated rings. The number of ether oxygens (including phenoxy) is 1. The molecule has 0 aliphatic carbocycles. The number of carbonyl (C=O) groups excluding carboxylic acids is 3. The zero-order valence-corrected chi connectivity index (χ0v) is 23.1. The van der Waals surface area contributed by atoms with Gasteiger partial charge in [-0.1, -0.05) is 48.9 Å². The summed E-state index contributed by atoms with van der Waals surface area (Å²) in [6.45, 7) is 16.6. The van der Waals surface area contributed by atoms with Crippen LogP contribution in [-0.4, -0.2) is 40.5 Å². The summed E-state index contributed by atoms with van der Waals surface area (Å²) >= 11 is 0. The maximum atomic E-state index is 13.9. The molecule has 7 nitrogen and oxygen atoms in total. The highest BCUT2D eigenvalue weighted by Gasteiger charge is 2.40. The molecule has 3 amide bonds. The number of carbonyl (C=O) groups is 3. The predicted octanol–water partition coefficient (Wildman–Crippen LogP) is 5.83. The van der Waals surface area contributed by atoms with Crippen molar-refractivity contribution in [2.24, 2.45) is 0 Å². The van der Waals surface area contributed by atoms with Crippen molar-refractivity contribution in [3.8, 4) is 0 Å². The van der Waals surface area contributed by atoms with Crippen LogP contribution >= 0.6 is 0 Å². The van der Waals surface area contributed by atoms with E-state index in [1.54, 1.807) is 25.7 Å². The van der Waals surface area contributed by atoms with Gasteiger partial charge in [0.1, 0.15) is 18.2 Å². The fourth-order valence-corrected chi connectivity index (χ4v) is 3.91.